The van der Waals surface area contributed by atoms with Gasteiger partial charge in [0.25, 0.3) is 0 Å². The molecule has 0 aliphatic heterocycles. The van der Waals surface area contributed by atoms with Crippen molar-refractivity contribution in [1.29, 1.82) is 0 Å². The van der Waals surface area contributed by atoms with Crippen LogP contribution in [-0.4, -0.2) is 4.98 Å². The minimum absolute atomic E-state index is 0.297. The van der Waals surface area contributed by atoms with Gasteiger partial charge in [-0.25, -0.2) is 13.8 Å². The summed E-state index contributed by atoms with van der Waals surface area (Å²) in [6.45, 7) is 0. The second-order valence-electron chi connectivity index (χ2n) is 2.18. The zero-order chi connectivity index (χ0) is 8.72. The number of benzene rings is 1. The summed E-state index contributed by atoms with van der Waals surface area (Å²) in [6, 6.07) is 0.431. The van der Waals surface area contributed by atoms with Gasteiger partial charge in [-0.2, -0.15) is 4.39 Å². The number of halogens is 3. The molecule has 0 bridgehead atoms. The average Bonchev–Trinajstić information content (AvgIpc) is 2.48. The summed E-state index contributed by atoms with van der Waals surface area (Å²) in [5, 5.41) is 0. The Morgan fingerprint density at radius 1 is 1.17 bits per heavy atom. The van der Waals surface area contributed by atoms with Crippen LogP contribution in [0.5, 0.6) is 0 Å². The van der Waals surface area contributed by atoms with Crippen molar-refractivity contribution in [3.8, 4) is 0 Å². The zero-order valence-corrected chi connectivity index (χ0v) is 5.64. The Hall–Kier alpha value is -1.52. The van der Waals surface area contributed by atoms with Crippen LogP contribution in [0.3, 0.4) is 0 Å². The maximum Gasteiger partial charge on any atom is 0.203 e. The molecule has 2 nitrogen and oxygen atoms in total. The summed E-state index contributed by atoms with van der Waals surface area (Å²) in [4.78, 5) is 3.37. The van der Waals surface area contributed by atoms with Crippen LogP contribution in [0.15, 0.2) is 16.9 Å². The monoisotopic (exact) mass is 173 g/mol. The van der Waals surface area contributed by atoms with Crippen LogP contribution in [0.2, 0.25) is 0 Å². The number of nitrogens with zero attached hydrogens (tertiary/aromatic N) is 1. The number of hydrogen-bond donors (Lipinski definition) is 0. The first-order chi connectivity index (χ1) is 5.70. The van der Waals surface area contributed by atoms with E-state index in [0.29, 0.717) is 6.07 Å². The molecular formula is C7H2F3NO. The SMILES string of the molecule is Fc1cc(F)c2ncoc2c1F. The predicted octanol–water partition coefficient (Wildman–Crippen LogP) is 2.25. The lowest BCUT2D eigenvalue weighted by Gasteiger charge is -1.92. The largest absolute Gasteiger partial charge is 0.440 e. The molecule has 0 N–H and O–H groups in total. The Morgan fingerprint density at radius 3 is 2.67 bits per heavy atom. The highest BCUT2D eigenvalue weighted by Crippen LogP contribution is 2.21. The summed E-state index contributed by atoms with van der Waals surface area (Å²) in [6.07, 6.45) is 0.857. The fraction of sp³-hybridized carbons (Fsp3) is 0. The lowest BCUT2D eigenvalue weighted by atomic mass is 10.3. The van der Waals surface area contributed by atoms with Crippen molar-refractivity contribution in [1.82, 2.24) is 4.98 Å². The van der Waals surface area contributed by atoms with Crippen LogP contribution in [0.25, 0.3) is 11.1 Å². The Balaban J connectivity index is 2.97. The number of oxazole rings is 1. The summed E-state index contributed by atoms with van der Waals surface area (Å²) < 4.78 is 42.4. The molecule has 0 saturated carbocycles. The molecule has 2 rings (SSSR count). The number of fused-ring (bicyclic) bond motifs is 1. The van der Waals surface area contributed by atoms with Gasteiger partial charge < -0.3 is 4.42 Å². The Kier molecular flexibility index (Phi) is 1.33. The summed E-state index contributed by atoms with van der Waals surface area (Å²) in [5.74, 6) is -3.43. The van der Waals surface area contributed by atoms with Crippen molar-refractivity contribution in [3.63, 3.8) is 0 Å². The van der Waals surface area contributed by atoms with Gasteiger partial charge in [-0.15, -0.1) is 0 Å². The van der Waals surface area contributed by atoms with Crippen molar-refractivity contribution < 1.29 is 17.6 Å². The first kappa shape index (κ1) is 7.15. The third-order valence-corrected chi connectivity index (χ3v) is 1.46. The van der Waals surface area contributed by atoms with Gasteiger partial charge in [0.05, 0.1) is 0 Å². The average molecular weight is 173 g/mol. The van der Waals surface area contributed by atoms with E-state index in [1.165, 1.54) is 0 Å². The van der Waals surface area contributed by atoms with Gasteiger partial charge in [-0.1, -0.05) is 0 Å². The molecule has 0 aliphatic rings. The zero-order valence-electron chi connectivity index (χ0n) is 5.64. The Labute approximate surface area is 64.6 Å². The van der Waals surface area contributed by atoms with Crippen molar-refractivity contribution in [2.75, 3.05) is 0 Å². The first-order valence-electron chi connectivity index (χ1n) is 3.07. The molecule has 0 unspecified atom stereocenters. The van der Waals surface area contributed by atoms with E-state index in [0.717, 1.165) is 6.39 Å². The molecule has 0 saturated heterocycles. The molecule has 2 aromatic rings. The van der Waals surface area contributed by atoms with Crippen molar-refractivity contribution in [2.24, 2.45) is 0 Å². The van der Waals surface area contributed by atoms with Gasteiger partial charge >= 0.3 is 0 Å². The molecule has 0 amide bonds. The Morgan fingerprint density at radius 2 is 1.92 bits per heavy atom. The van der Waals surface area contributed by atoms with E-state index in [4.69, 9.17) is 0 Å². The van der Waals surface area contributed by atoms with E-state index in [1.54, 1.807) is 0 Å². The highest BCUT2D eigenvalue weighted by molar-refractivity contribution is 5.73. The molecule has 0 spiro atoms. The van der Waals surface area contributed by atoms with E-state index in [-0.39, 0.29) is 5.52 Å². The van der Waals surface area contributed by atoms with Crippen LogP contribution in [-0.2, 0) is 0 Å². The molecule has 0 aliphatic carbocycles. The first-order valence-corrected chi connectivity index (χ1v) is 3.07. The highest BCUT2D eigenvalue weighted by Gasteiger charge is 2.15. The van der Waals surface area contributed by atoms with E-state index >= 15 is 0 Å². The summed E-state index contributed by atoms with van der Waals surface area (Å²) in [5.41, 5.74) is -0.790. The van der Waals surface area contributed by atoms with Gasteiger partial charge in [0.1, 0.15) is 5.52 Å². The lowest BCUT2D eigenvalue weighted by molar-refractivity contribution is 0.482. The highest BCUT2D eigenvalue weighted by atomic mass is 19.2. The maximum atomic E-state index is 12.7. The van der Waals surface area contributed by atoms with Gasteiger partial charge in [0.2, 0.25) is 5.82 Å². The van der Waals surface area contributed by atoms with Crippen LogP contribution < -0.4 is 0 Å². The fourth-order valence-corrected chi connectivity index (χ4v) is 0.923. The normalized spacial score (nSPS) is 10.9. The minimum Gasteiger partial charge on any atom is -0.440 e. The predicted molar refractivity (Wildman–Crippen MR) is 33.9 cm³/mol. The lowest BCUT2D eigenvalue weighted by Crippen LogP contribution is -1.88. The summed E-state index contributed by atoms with van der Waals surface area (Å²) >= 11 is 0. The van der Waals surface area contributed by atoms with Crippen LogP contribution in [0.1, 0.15) is 0 Å². The maximum absolute atomic E-state index is 12.7. The quantitative estimate of drug-likeness (QED) is 0.571. The third kappa shape index (κ3) is 0.792. The molecule has 12 heavy (non-hydrogen) atoms. The molecule has 62 valence electrons. The van der Waals surface area contributed by atoms with E-state index in [1.807, 2.05) is 0 Å². The third-order valence-electron chi connectivity index (χ3n) is 1.46. The molecular weight excluding hydrogens is 171 g/mol. The smallest absolute Gasteiger partial charge is 0.203 e. The molecule has 5 heteroatoms. The molecule has 0 fully saturated rings. The number of aromatic nitrogens is 1. The fourth-order valence-electron chi connectivity index (χ4n) is 0.923. The van der Waals surface area contributed by atoms with Gasteiger partial charge in [-0.3, -0.25) is 0 Å². The van der Waals surface area contributed by atoms with Crippen molar-refractivity contribution in [2.45, 2.75) is 0 Å². The summed E-state index contributed by atoms with van der Waals surface area (Å²) in [7, 11) is 0. The van der Waals surface area contributed by atoms with Crippen LogP contribution in [0, 0.1) is 17.5 Å². The van der Waals surface area contributed by atoms with Crippen LogP contribution in [0.4, 0.5) is 13.2 Å². The number of rotatable bonds is 0. The van der Waals surface area contributed by atoms with Crippen molar-refractivity contribution >= 4 is 11.1 Å². The topological polar surface area (TPSA) is 26.0 Å². The van der Waals surface area contributed by atoms with E-state index in [9.17, 15) is 13.2 Å². The molecule has 1 aromatic heterocycles. The second-order valence-corrected chi connectivity index (χ2v) is 2.18. The standard InChI is InChI=1S/C7H2F3NO/c8-3-1-4(9)6-7(5(3)10)12-2-11-6/h1-2H. The van der Waals surface area contributed by atoms with E-state index < -0.39 is 23.0 Å². The van der Waals surface area contributed by atoms with Gasteiger partial charge in [0.15, 0.2) is 23.6 Å². The Bertz CT molecular complexity index is 437. The molecule has 1 heterocycles. The molecule has 0 radical (unpaired) electrons. The van der Waals surface area contributed by atoms with Crippen LogP contribution >= 0.6 is 0 Å². The van der Waals surface area contributed by atoms with Crippen molar-refractivity contribution in [3.05, 3.63) is 29.9 Å². The molecule has 0 atom stereocenters. The molecule has 1 aromatic carbocycles. The number of hydrogen-bond acceptors (Lipinski definition) is 2. The minimum atomic E-state index is -1.28. The van der Waals surface area contributed by atoms with Gasteiger partial charge in [0, 0.05) is 6.07 Å². The second kappa shape index (κ2) is 2.23. The van der Waals surface area contributed by atoms with E-state index in [2.05, 4.69) is 9.40 Å². The van der Waals surface area contributed by atoms with Gasteiger partial charge in [-0.05, 0) is 0 Å².